The van der Waals surface area contributed by atoms with Crippen LogP contribution in [0.1, 0.15) is 34.6 Å². The second-order valence-electron chi connectivity index (χ2n) is 4.31. The Morgan fingerprint density at radius 1 is 1.50 bits per heavy atom. The third-order valence-electron chi connectivity index (χ3n) is 3.15. The van der Waals surface area contributed by atoms with Crippen LogP contribution in [0.25, 0.3) is 0 Å². The summed E-state index contributed by atoms with van der Waals surface area (Å²) in [5.74, 6) is 0.220. The minimum Gasteiger partial charge on any atom is -0.296 e. The summed E-state index contributed by atoms with van der Waals surface area (Å²) in [6, 6.07) is 4.97. The number of rotatable bonds is 3. The Labute approximate surface area is 105 Å². The van der Waals surface area contributed by atoms with Crippen LogP contribution in [0.2, 0.25) is 0 Å². The molecular formula is C12H12N2O3S. The molecule has 1 fully saturated rings. The number of pyridine rings is 1. The fourth-order valence-electron chi connectivity index (χ4n) is 2.17. The lowest BCUT2D eigenvalue weighted by Crippen LogP contribution is -2.19. The van der Waals surface area contributed by atoms with E-state index in [4.69, 9.17) is 5.26 Å². The average molecular weight is 264 g/mol. The molecule has 94 valence electrons. The predicted octanol–water partition coefficient (Wildman–Crippen LogP) is 0.885. The quantitative estimate of drug-likeness (QED) is 0.756. The van der Waals surface area contributed by atoms with Crippen molar-refractivity contribution < 1.29 is 13.2 Å². The van der Waals surface area contributed by atoms with Crippen LogP contribution in [-0.2, 0) is 16.3 Å². The number of carbonyl (C=O) groups excluding carboxylic acids is 1. The van der Waals surface area contributed by atoms with Crippen molar-refractivity contribution in [1.82, 2.24) is 4.98 Å². The lowest BCUT2D eigenvalue weighted by Gasteiger charge is -2.10. The Bertz CT molecular complexity index is 617. The van der Waals surface area contributed by atoms with Crippen LogP contribution in [0.3, 0.4) is 0 Å². The molecule has 0 saturated carbocycles. The summed E-state index contributed by atoms with van der Waals surface area (Å²) in [4.78, 5) is 14.8. The second kappa shape index (κ2) is 4.86. The molecule has 0 spiro atoms. The molecule has 1 aromatic rings. The van der Waals surface area contributed by atoms with E-state index in [2.05, 4.69) is 4.98 Å². The zero-order valence-corrected chi connectivity index (χ0v) is 10.5. The van der Waals surface area contributed by atoms with Gasteiger partial charge in [0.2, 0.25) is 0 Å². The molecule has 2 rings (SSSR count). The van der Waals surface area contributed by atoms with Crippen LogP contribution in [-0.4, -0.2) is 30.7 Å². The number of aromatic nitrogens is 1. The fraction of sp³-hybridized carbons (Fsp3) is 0.417. The van der Waals surface area contributed by atoms with Crippen LogP contribution in [0.4, 0.5) is 0 Å². The fourth-order valence-corrected chi connectivity index (χ4v) is 4.04. The normalized spacial score (nSPS) is 21.4. The van der Waals surface area contributed by atoms with Crippen molar-refractivity contribution in [2.24, 2.45) is 0 Å². The zero-order valence-electron chi connectivity index (χ0n) is 9.67. The van der Waals surface area contributed by atoms with Gasteiger partial charge in [0, 0.05) is 0 Å². The van der Waals surface area contributed by atoms with E-state index in [1.807, 2.05) is 6.07 Å². The molecule has 0 aliphatic carbocycles. The number of hydrogen-bond acceptors (Lipinski definition) is 5. The van der Waals surface area contributed by atoms with Gasteiger partial charge >= 0.3 is 0 Å². The molecule has 18 heavy (non-hydrogen) atoms. The first-order chi connectivity index (χ1) is 8.56. The number of sulfone groups is 1. The van der Waals surface area contributed by atoms with Crippen molar-refractivity contribution in [3.8, 4) is 6.07 Å². The predicted molar refractivity (Wildman–Crippen MR) is 64.9 cm³/mol. The first-order valence-electron chi connectivity index (χ1n) is 5.63. The third-order valence-corrected chi connectivity index (χ3v) is 5.42. The van der Waals surface area contributed by atoms with E-state index in [0.29, 0.717) is 31.1 Å². The van der Waals surface area contributed by atoms with Crippen LogP contribution < -0.4 is 0 Å². The number of hydrogen-bond donors (Lipinski definition) is 0. The number of carbonyl (C=O) groups is 1. The van der Waals surface area contributed by atoms with Crippen molar-refractivity contribution in [2.75, 3.05) is 5.75 Å². The highest BCUT2D eigenvalue weighted by Crippen LogP contribution is 2.24. The Morgan fingerprint density at radius 2 is 2.28 bits per heavy atom. The molecule has 1 aromatic heterocycles. The molecule has 1 aliphatic heterocycles. The van der Waals surface area contributed by atoms with Crippen molar-refractivity contribution in [1.29, 1.82) is 5.26 Å². The SMILES string of the molecule is N#Cc1ccc(CC2CCCS2(=O)=O)c(C=O)n1. The molecule has 2 heterocycles. The molecule has 1 atom stereocenters. The van der Waals surface area contributed by atoms with Crippen molar-refractivity contribution in [2.45, 2.75) is 24.5 Å². The Morgan fingerprint density at radius 3 is 2.83 bits per heavy atom. The monoisotopic (exact) mass is 264 g/mol. The number of nitriles is 1. The number of nitrogens with zero attached hydrogens (tertiary/aromatic N) is 2. The van der Waals surface area contributed by atoms with E-state index in [9.17, 15) is 13.2 Å². The summed E-state index contributed by atoms with van der Waals surface area (Å²) in [7, 11) is -3.03. The van der Waals surface area contributed by atoms with Gasteiger partial charge in [-0.15, -0.1) is 0 Å². The average Bonchev–Trinajstić information content (AvgIpc) is 2.69. The first kappa shape index (κ1) is 12.7. The van der Waals surface area contributed by atoms with E-state index < -0.39 is 15.1 Å². The molecule has 0 N–H and O–H groups in total. The van der Waals surface area contributed by atoms with Gasteiger partial charge in [0.15, 0.2) is 16.1 Å². The van der Waals surface area contributed by atoms with E-state index in [1.54, 1.807) is 6.07 Å². The van der Waals surface area contributed by atoms with Gasteiger partial charge in [0.1, 0.15) is 17.5 Å². The second-order valence-corrected chi connectivity index (χ2v) is 6.71. The van der Waals surface area contributed by atoms with Crippen LogP contribution in [0.5, 0.6) is 0 Å². The molecule has 1 unspecified atom stereocenters. The van der Waals surface area contributed by atoms with Crippen molar-refractivity contribution in [3.05, 3.63) is 29.1 Å². The highest BCUT2D eigenvalue weighted by atomic mass is 32.2. The Balaban J connectivity index is 2.30. The van der Waals surface area contributed by atoms with E-state index >= 15 is 0 Å². The summed E-state index contributed by atoms with van der Waals surface area (Å²) in [6.45, 7) is 0. The maximum absolute atomic E-state index is 11.7. The molecule has 0 amide bonds. The summed E-state index contributed by atoms with van der Waals surface area (Å²) >= 11 is 0. The van der Waals surface area contributed by atoms with E-state index in [1.165, 1.54) is 6.07 Å². The van der Waals surface area contributed by atoms with Crippen LogP contribution in [0.15, 0.2) is 12.1 Å². The molecule has 1 aliphatic rings. The maximum Gasteiger partial charge on any atom is 0.168 e. The van der Waals surface area contributed by atoms with Gasteiger partial charge in [-0.3, -0.25) is 4.79 Å². The van der Waals surface area contributed by atoms with E-state index in [0.717, 1.165) is 0 Å². The largest absolute Gasteiger partial charge is 0.296 e. The molecule has 6 heteroatoms. The smallest absolute Gasteiger partial charge is 0.168 e. The Kier molecular flexibility index (Phi) is 3.43. The molecular weight excluding hydrogens is 252 g/mol. The van der Waals surface area contributed by atoms with Crippen LogP contribution >= 0.6 is 0 Å². The standard InChI is InChI=1S/C12H12N2O3S/c13-7-10-4-3-9(12(8-15)14-10)6-11-2-1-5-18(11,16)17/h3-4,8,11H,1-2,5-6H2. The molecule has 1 saturated heterocycles. The van der Waals surface area contributed by atoms with Gasteiger partial charge in [-0.1, -0.05) is 6.07 Å². The highest BCUT2D eigenvalue weighted by molar-refractivity contribution is 7.92. The van der Waals surface area contributed by atoms with Gasteiger partial charge in [-0.25, -0.2) is 13.4 Å². The maximum atomic E-state index is 11.7. The highest BCUT2D eigenvalue weighted by Gasteiger charge is 2.31. The zero-order chi connectivity index (χ0) is 13.2. The van der Waals surface area contributed by atoms with Gasteiger partial charge in [0.25, 0.3) is 0 Å². The van der Waals surface area contributed by atoms with E-state index in [-0.39, 0.29) is 17.1 Å². The molecule has 0 aromatic carbocycles. The summed E-state index contributed by atoms with van der Waals surface area (Å²) in [5, 5.41) is 8.27. The van der Waals surface area contributed by atoms with Crippen molar-refractivity contribution >= 4 is 16.1 Å². The Hall–Kier alpha value is -1.74. The summed E-state index contributed by atoms with van der Waals surface area (Å²) in [6.07, 6.45) is 2.17. The third kappa shape index (κ3) is 2.41. The first-order valence-corrected chi connectivity index (χ1v) is 7.35. The summed E-state index contributed by atoms with van der Waals surface area (Å²) < 4.78 is 23.5. The van der Waals surface area contributed by atoms with Gasteiger partial charge < -0.3 is 0 Å². The minimum absolute atomic E-state index is 0.162. The molecule has 0 radical (unpaired) electrons. The number of aldehydes is 1. The topological polar surface area (TPSA) is 87.9 Å². The summed E-state index contributed by atoms with van der Waals surface area (Å²) in [5.41, 5.74) is 0.922. The van der Waals surface area contributed by atoms with Crippen molar-refractivity contribution in [3.63, 3.8) is 0 Å². The van der Waals surface area contributed by atoms with Gasteiger partial charge in [-0.05, 0) is 30.9 Å². The lowest BCUT2D eigenvalue weighted by atomic mass is 10.1. The van der Waals surface area contributed by atoms with Gasteiger partial charge in [-0.2, -0.15) is 5.26 Å². The lowest BCUT2D eigenvalue weighted by molar-refractivity contribution is 0.111. The molecule has 5 nitrogen and oxygen atoms in total. The minimum atomic E-state index is -3.03. The molecule has 0 bridgehead atoms. The van der Waals surface area contributed by atoms with Crippen LogP contribution in [0, 0.1) is 11.3 Å². The van der Waals surface area contributed by atoms with Gasteiger partial charge in [0.05, 0.1) is 11.0 Å².